The van der Waals surface area contributed by atoms with E-state index in [0.717, 1.165) is 13.0 Å². The van der Waals surface area contributed by atoms with Gasteiger partial charge >= 0.3 is 0 Å². The molecule has 1 amide bonds. The van der Waals surface area contributed by atoms with Crippen LogP contribution in [-0.2, 0) is 4.79 Å². The van der Waals surface area contributed by atoms with E-state index < -0.39 is 0 Å². The van der Waals surface area contributed by atoms with Crippen LogP contribution < -0.4 is 5.32 Å². The number of carbonyl (C=O) groups excluding carboxylic acids is 1. The molecule has 0 aliphatic carbocycles. The number of carbonyl (C=O) groups is 1. The molecule has 0 saturated heterocycles. The Labute approximate surface area is 87.8 Å². The molecular formula is C12H23NO. The average Bonchev–Trinajstić information content (AvgIpc) is 2.19. The van der Waals surface area contributed by atoms with Crippen LogP contribution >= 0.6 is 0 Å². The molecule has 0 bridgehead atoms. The van der Waals surface area contributed by atoms with Gasteiger partial charge in [0.1, 0.15) is 0 Å². The van der Waals surface area contributed by atoms with E-state index in [-0.39, 0.29) is 5.91 Å². The standard InChI is InChI=1S/C12H23NO/c1-4-7-9-11(6-3)10-13-12(14)8-5-2/h5,8,11H,4,6-7,9-10H2,1-3H3,(H,13,14)/b8-5+. The summed E-state index contributed by atoms with van der Waals surface area (Å²) in [6, 6.07) is 0. The third kappa shape index (κ3) is 6.70. The highest BCUT2D eigenvalue weighted by Gasteiger charge is 2.06. The van der Waals surface area contributed by atoms with Gasteiger partial charge in [0.05, 0.1) is 0 Å². The Morgan fingerprint density at radius 2 is 2.14 bits per heavy atom. The predicted molar refractivity (Wildman–Crippen MR) is 61.1 cm³/mol. The van der Waals surface area contributed by atoms with Gasteiger partial charge in [-0.1, -0.05) is 39.2 Å². The van der Waals surface area contributed by atoms with Crippen LogP contribution in [-0.4, -0.2) is 12.5 Å². The smallest absolute Gasteiger partial charge is 0.243 e. The summed E-state index contributed by atoms with van der Waals surface area (Å²) >= 11 is 0. The second-order valence-corrected chi connectivity index (χ2v) is 3.66. The van der Waals surface area contributed by atoms with E-state index >= 15 is 0 Å². The van der Waals surface area contributed by atoms with Crippen LogP contribution in [0.2, 0.25) is 0 Å². The fraction of sp³-hybridized carbons (Fsp3) is 0.750. The molecule has 0 aromatic heterocycles. The fourth-order valence-electron chi connectivity index (χ4n) is 1.40. The molecule has 2 nitrogen and oxygen atoms in total. The van der Waals surface area contributed by atoms with Crippen molar-refractivity contribution in [2.24, 2.45) is 5.92 Å². The molecule has 0 aromatic carbocycles. The topological polar surface area (TPSA) is 29.1 Å². The van der Waals surface area contributed by atoms with Gasteiger partial charge in [0, 0.05) is 6.54 Å². The van der Waals surface area contributed by atoms with E-state index in [9.17, 15) is 4.79 Å². The molecule has 0 aliphatic rings. The van der Waals surface area contributed by atoms with Crippen molar-refractivity contribution in [1.82, 2.24) is 5.32 Å². The van der Waals surface area contributed by atoms with Gasteiger partial charge in [-0.2, -0.15) is 0 Å². The lowest BCUT2D eigenvalue weighted by atomic mass is 9.99. The molecular weight excluding hydrogens is 174 g/mol. The van der Waals surface area contributed by atoms with E-state index in [1.165, 1.54) is 19.3 Å². The highest BCUT2D eigenvalue weighted by atomic mass is 16.1. The third-order valence-corrected chi connectivity index (χ3v) is 2.43. The minimum atomic E-state index is 0.0300. The number of rotatable bonds is 7. The second kappa shape index (κ2) is 8.79. The van der Waals surface area contributed by atoms with Gasteiger partial charge in [0.25, 0.3) is 0 Å². The minimum Gasteiger partial charge on any atom is -0.352 e. The summed E-state index contributed by atoms with van der Waals surface area (Å²) in [5, 5.41) is 2.92. The number of hydrogen-bond donors (Lipinski definition) is 1. The van der Waals surface area contributed by atoms with Crippen LogP contribution in [0.25, 0.3) is 0 Å². The number of hydrogen-bond acceptors (Lipinski definition) is 1. The first-order valence-corrected chi connectivity index (χ1v) is 5.65. The minimum absolute atomic E-state index is 0.0300. The van der Waals surface area contributed by atoms with Crippen LogP contribution in [0.1, 0.15) is 46.5 Å². The maximum absolute atomic E-state index is 11.1. The van der Waals surface area contributed by atoms with Crippen molar-refractivity contribution in [3.8, 4) is 0 Å². The first-order chi connectivity index (χ1) is 6.74. The highest BCUT2D eigenvalue weighted by Crippen LogP contribution is 2.10. The van der Waals surface area contributed by atoms with E-state index in [0.29, 0.717) is 5.92 Å². The molecule has 14 heavy (non-hydrogen) atoms. The fourth-order valence-corrected chi connectivity index (χ4v) is 1.40. The quantitative estimate of drug-likeness (QED) is 0.625. The van der Waals surface area contributed by atoms with Crippen molar-refractivity contribution in [2.45, 2.75) is 46.5 Å². The first-order valence-electron chi connectivity index (χ1n) is 5.65. The largest absolute Gasteiger partial charge is 0.352 e. The van der Waals surface area contributed by atoms with Crippen LogP contribution in [0, 0.1) is 5.92 Å². The highest BCUT2D eigenvalue weighted by molar-refractivity contribution is 5.87. The van der Waals surface area contributed by atoms with Crippen molar-refractivity contribution in [2.75, 3.05) is 6.54 Å². The van der Waals surface area contributed by atoms with Gasteiger partial charge in [-0.25, -0.2) is 0 Å². The summed E-state index contributed by atoms with van der Waals surface area (Å²) in [6.07, 6.45) is 8.21. The lowest BCUT2D eigenvalue weighted by molar-refractivity contribution is -0.116. The molecule has 0 aliphatic heterocycles. The zero-order chi connectivity index (χ0) is 10.8. The summed E-state index contributed by atoms with van der Waals surface area (Å²) in [5.74, 6) is 0.673. The number of unbranched alkanes of at least 4 members (excludes halogenated alkanes) is 1. The Morgan fingerprint density at radius 1 is 1.43 bits per heavy atom. The maximum atomic E-state index is 11.1. The second-order valence-electron chi connectivity index (χ2n) is 3.66. The third-order valence-electron chi connectivity index (χ3n) is 2.43. The Kier molecular flexibility index (Phi) is 8.30. The normalized spacial score (nSPS) is 13.1. The van der Waals surface area contributed by atoms with Gasteiger partial charge in [0.2, 0.25) is 5.91 Å². The van der Waals surface area contributed by atoms with Crippen molar-refractivity contribution < 1.29 is 4.79 Å². The average molecular weight is 197 g/mol. The monoisotopic (exact) mass is 197 g/mol. The maximum Gasteiger partial charge on any atom is 0.243 e. The summed E-state index contributed by atoms with van der Waals surface area (Å²) in [5.41, 5.74) is 0. The Balaban J connectivity index is 3.66. The van der Waals surface area contributed by atoms with Crippen molar-refractivity contribution in [3.05, 3.63) is 12.2 Å². The van der Waals surface area contributed by atoms with E-state index in [1.54, 1.807) is 12.2 Å². The molecule has 0 spiro atoms. The Bertz CT molecular complexity index is 175. The van der Waals surface area contributed by atoms with Gasteiger partial charge in [-0.15, -0.1) is 0 Å². The number of allylic oxidation sites excluding steroid dienone is 1. The SMILES string of the molecule is C/C=C/C(=O)NCC(CC)CCCC. The summed E-state index contributed by atoms with van der Waals surface area (Å²) in [6.45, 7) is 7.06. The van der Waals surface area contributed by atoms with Crippen LogP contribution in [0.5, 0.6) is 0 Å². The summed E-state index contributed by atoms with van der Waals surface area (Å²) < 4.78 is 0. The van der Waals surface area contributed by atoms with E-state index in [1.807, 2.05) is 6.92 Å². The molecule has 2 heteroatoms. The molecule has 0 fully saturated rings. The molecule has 0 rings (SSSR count). The Morgan fingerprint density at radius 3 is 2.64 bits per heavy atom. The van der Waals surface area contributed by atoms with Gasteiger partial charge in [-0.05, 0) is 25.3 Å². The number of amides is 1. The van der Waals surface area contributed by atoms with Gasteiger partial charge < -0.3 is 5.32 Å². The molecule has 0 heterocycles. The molecule has 0 radical (unpaired) electrons. The van der Waals surface area contributed by atoms with Crippen LogP contribution in [0.15, 0.2) is 12.2 Å². The molecule has 0 saturated carbocycles. The van der Waals surface area contributed by atoms with E-state index in [2.05, 4.69) is 19.2 Å². The van der Waals surface area contributed by atoms with Crippen LogP contribution in [0.3, 0.4) is 0 Å². The van der Waals surface area contributed by atoms with Crippen molar-refractivity contribution in [1.29, 1.82) is 0 Å². The van der Waals surface area contributed by atoms with Gasteiger partial charge in [-0.3, -0.25) is 4.79 Å². The Hall–Kier alpha value is -0.790. The van der Waals surface area contributed by atoms with Crippen LogP contribution in [0.4, 0.5) is 0 Å². The lowest BCUT2D eigenvalue weighted by Crippen LogP contribution is -2.27. The van der Waals surface area contributed by atoms with E-state index in [4.69, 9.17) is 0 Å². The van der Waals surface area contributed by atoms with Gasteiger partial charge in [0.15, 0.2) is 0 Å². The first kappa shape index (κ1) is 13.2. The molecule has 1 N–H and O–H groups in total. The van der Waals surface area contributed by atoms with Crippen molar-refractivity contribution in [3.63, 3.8) is 0 Å². The van der Waals surface area contributed by atoms with Crippen molar-refractivity contribution >= 4 is 5.91 Å². The predicted octanol–water partition coefficient (Wildman–Crippen LogP) is 2.90. The lowest BCUT2D eigenvalue weighted by Gasteiger charge is -2.14. The zero-order valence-corrected chi connectivity index (χ0v) is 9.68. The molecule has 0 aromatic rings. The molecule has 1 unspecified atom stereocenters. The number of nitrogens with one attached hydrogen (secondary N) is 1. The molecule has 82 valence electrons. The zero-order valence-electron chi connectivity index (χ0n) is 9.68. The summed E-state index contributed by atoms with van der Waals surface area (Å²) in [4.78, 5) is 11.1. The molecule has 1 atom stereocenters. The summed E-state index contributed by atoms with van der Waals surface area (Å²) in [7, 11) is 0.